The molecule has 0 aliphatic carbocycles. The van der Waals surface area contributed by atoms with Crippen molar-refractivity contribution in [2.45, 2.75) is 0 Å². The van der Waals surface area contributed by atoms with E-state index in [1.54, 1.807) is 0 Å². The predicted molar refractivity (Wildman–Crippen MR) is 23.2 cm³/mol. The average molecular weight is 205 g/mol. The molecule has 0 aromatic rings. The fourth-order valence-electron chi connectivity index (χ4n) is 0. The van der Waals surface area contributed by atoms with Crippen LogP contribution in [0.25, 0.3) is 0 Å². The van der Waals surface area contributed by atoms with Gasteiger partial charge in [-0.15, -0.1) is 0 Å². The van der Waals surface area contributed by atoms with Crippen molar-refractivity contribution >= 4 is 60.8 Å². The molecule has 0 rings (SSSR count). The summed E-state index contributed by atoms with van der Waals surface area (Å²) in [4.78, 5) is 0. The van der Waals surface area contributed by atoms with Crippen LogP contribution in [-0.2, 0) is 17.1 Å². The molecule has 0 saturated carbocycles. The summed E-state index contributed by atoms with van der Waals surface area (Å²) in [5, 5.41) is 0. The zero-order valence-electron chi connectivity index (χ0n) is 10.5. The Hall–Kier alpha value is 5.14. The first kappa shape index (κ1) is 43.3. The molecule has 0 aromatic heterocycles. The zero-order chi connectivity index (χ0) is 0. The second-order valence-electron chi connectivity index (χ2n) is 0. The number of hydrogen-bond donors (Lipinski definition) is 1. The second-order valence-corrected chi connectivity index (χ2v) is 0. The Kier molecular flexibility index (Phi) is 232. The third-order valence-corrected chi connectivity index (χ3v) is 0. The monoisotopic (exact) mass is 205 g/mol. The first-order valence-electron chi connectivity index (χ1n) is 0. The van der Waals surface area contributed by atoms with Crippen molar-refractivity contribution in [2.75, 3.05) is 0 Å². The van der Waals surface area contributed by atoms with Gasteiger partial charge in [-0.1, -0.05) is 0 Å². The largest absolute Gasteiger partial charge is 2.00 e. The molecule has 0 heterocycles. The summed E-state index contributed by atoms with van der Waals surface area (Å²) in [5.74, 6) is 0. The maximum Gasteiger partial charge on any atom is 2.00 e. The van der Waals surface area contributed by atoms with E-state index >= 15 is 0 Å². The van der Waals surface area contributed by atoms with E-state index in [-0.39, 0.29) is 174 Å². The molecule has 0 spiro atoms. The fraction of sp³-hybridized carbons (Fsp3) is 0. The van der Waals surface area contributed by atoms with Crippen molar-refractivity contribution in [3.63, 3.8) is 0 Å². The summed E-state index contributed by atoms with van der Waals surface area (Å²) in [7, 11) is 0. The van der Waals surface area contributed by atoms with Crippen molar-refractivity contribution < 1.29 is 107 Å². The van der Waals surface area contributed by atoms with E-state index in [0.717, 1.165) is 0 Å². The predicted octanol–water partition coefficient (Wildman–Crippen LogP) is -5.92. The van der Waals surface area contributed by atoms with Gasteiger partial charge in [0.1, 0.15) is 0 Å². The molecule has 0 bridgehead atoms. The Labute approximate surface area is 169 Å². The van der Waals surface area contributed by atoms with Crippen molar-refractivity contribution in [3.05, 3.63) is 0 Å². The van der Waals surface area contributed by atoms with Crippen LogP contribution in [0.1, 0.15) is 8.56 Å². The van der Waals surface area contributed by atoms with E-state index in [2.05, 4.69) is 0 Å². The molecule has 0 aliphatic rings. The van der Waals surface area contributed by atoms with E-state index in [4.69, 9.17) is 0 Å². The van der Waals surface area contributed by atoms with E-state index in [9.17, 15) is 0 Å². The molecule has 0 unspecified atom stereocenters. The Balaban J connectivity index is 0. The molecule has 0 amide bonds. The van der Waals surface area contributed by atoms with E-state index < -0.39 is 0 Å². The molecular formula is H9CaFeKMgNNa. The molecule has 0 saturated heterocycles. The zero-order valence-corrected chi connectivity index (χ0v) is 14.3. The van der Waals surface area contributed by atoms with Gasteiger partial charge < -0.3 is 14.7 Å². The van der Waals surface area contributed by atoms with Crippen molar-refractivity contribution in [1.29, 1.82) is 0 Å². The van der Waals surface area contributed by atoms with Gasteiger partial charge in [-0.25, -0.2) is 0 Å². The summed E-state index contributed by atoms with van der Waals surface area (Å²) >= 11 is 0. The van der Waals surface area contributed by atoms with Gasteiger partial charge in [0.15, 0.2) is 0 Å². The van der Waals surface area contributed by atoms with Gasteiger partial charge in [-0.2, -0.15) is 0 Å². The van der Waals surface area contributed by atoms with Gasteiger partial charge in [0.25, 0.3) is 0 Å². The molecule has 6 heavy (non-hydrogen) atoms. The molecule has 0 atom stereocenters. The smallest absolute Gasteiger partial charge is 1.00 e. The molecule has 0 aliphatic heterocycles. The van der Waals surface area contributed by atoms with Crippen LogP contribution in [0.5, 0.6) is 0 Å². The van der Waals surface area contributed by atoms with Crippen LogP contribution in [0.15, 0.2) is 0 Å². The van der Waals surface area contributed by atoms with E-state index in [0.29, 0.717) is 0 Å². The SMILES string of the molecule is N.[Ca+2].[Fe].[H-].[H-].[H-].[H-].[H-].[H-].[K+].[Mg+2].[Na+]. The van der Waals surface area contributed by atoms with Gasteiger partial charge >= 0.3 is 142 Å². The van der Waals surface area contributed by atoms with Crippen molar-refractivity contribution in [2.24, 2.45) is 0 Å². The summed E-state index contributed by atoms with van der Waals surface area (Å²) in [6.45, 7) is 0. The van der Waals surface area contributed by atoms with Gasteiger partial charge in [-0.05, 0) is 0 Å². The van der Waals surface area contributed by atoms with Gasteiger partial charge in [0.2, 0.25) is 0 Å². The Morgan fingerprint density at radius 2 is 1.17 bits per heavy atom. The van der Waals surface area contributed by atoms with Crippen LogP contribution < -0.4 is 87.1 Å². The summed E-state index contributed by atoms with van der Waals surface area (Å²) in [6, 6.07) is 0. The first-order chi connectivity index (χ1) is 0. The summed E-state index contributed by atoms with van der Waals surface area (Å²) < 4.78 is 0. The minimum absolute atomic E-state index is 0. The van der Waals surface area contributed by atoms with Crippen molar-refractivity contribution in [1.82, 2.24) is 6.15 Å². The third kappa shape index (κ3) is 22.9. The van der Waals surface area contributed by atoms with Crippen molar-refractivity contribution in [3.8, 4) is 0 Å². The summed E-state index contributed by atoms with van der Waals surface area (Å²) in [6.07, 6.45) is 0. The van der Waals surface area contributed by atoms with Crippen LogP contribution in [0.4, 0.5) is 0 Å². The van der Waals surface area contributed by atoms with Crippen LogP contribution in [0.3, 0.4) is 0 Å². The molecule has 0 fully saturated rings. The van der Waals surface area contributed by atoms with Gasteiger partial charge in [0, 0.05) is 17.1 Å². The summed E-state index contributed by atoms with van der Waals surface area (Å²) in [5.41, 5.74) is 0. The van der Waals surface area contributed by atoms with Gasteiger partial charge in [-0.3, -0.25) is 0 Å². The molecule has 3 N–H and O–H groups in total. The molecule has 6 heteroatoms. The van der Waals surface area contributed by atoms with Crippen LogP contribution in [0.2, 0.25) is 0 Å². The molecular weight excluding hydrogens is 196 g/mol. The molecule has 28 valence electrons. The first-order valence-corrected chi connectivity index (χ1v) is 0. The topological polar surface area (TPSA) is 35.0 Å². The fourth-order valence-corrected chi connectivity index (χ4v) is 0. The Morgan fingerprint density at radius 3 is 1.17 bits per heavy atom. The number of rotatable bonds is 0. The van der Waals surface area contributed by atoms with Crippen LogP contribution in [-0.4, -0.2) is 60.8 Å². The van der Waals surface area contributed by atoms with E-state index in [1.165, 1.54) is 0 Å². The quantitative estimate of drug-likeness (QED) is 0.393. The maximum absolute atomic E-state index is 0. The Bertz CT molecular complexity index is 27.5. The molecule has 0 aromatic carbocycles. The molecule has 0 radical (unpaired) electrons. The Morgan fingerprint density at radius 1 is 1.17 bits per heavy atom. The van der Waals surface area contributed by atoms with E-state index in [1.807, 2.05) is 0 Å². The minimum Gasteiger partial charge on any atom is -1.00 e. The third-order valence-electron chi connectivity index (χ3n) is 0. The molecule has 1 nitrogen and oxygen atoms in total. The second kappa shape index (κ2) is 32.1. The van der Waals surface area contributed by atoms with Gasteiger partial charge in [0.05, 0.1) is 0 Å². The minimum atomic E-state index is 0. The number of hydrogen-bond acceptors (Lipinski definition) is 1. The normalized spacial score (nSPS) is 0. The van der Waals surface area contributed by atoms with Crippen LogP contribution >= 0.6 is 0 Å². The standard InChI is InChI=1S/Ca.Fe.K.Mg.H3N.Na.6H/h;;;;1H3;;;;;;;/q+2;;+1;+2;;+1;6*-1. The average Bonchev–Trinajstić information content (AvgIpc) is 0. The van der Waals surface area contributed by atoms with Crippen LogP contribution in [0, 0.1) is 0 Å². The maximum atomic E-state index is 0.